The van der Waals surface area contributed by atoms with Crippen LogP contribution in [0.1, 0.15) is 6.42 Å². The largest absolute Gasteiger partial charge is 0.233 e. The highest BCUT2D eigenvalue weighted by molar-refractivity contribution is 5.64. The minimum Gasteiger partial charge on any atom is -0.233 e. The fraction of sp³-hybridized carbons (Fsp3) is 0.111. The van der Waals surface area contributed by atoms with Gasteiger partial charge in [-0.1, -0.05) is 24.8 Å². The highest BCUT2D eigenvalue weighted by Crippen LogP contribution is 2.15. The van der Waals surface area contributed by atoms with E-state index in [2.05, 4.69) is 12.7 Å². The summed E-state index contributed by atoms with van der Waals surface area (Å²) in [6.07, 6.45) is 8.81. The zero-order chi connectivity index (χ0) is 7.40. The highest BCUT2D eigenvalue weighted by atomic mass is 16.1. The summed E-state index contributed by atoms with van der Waals surface area (Å²) in [5.74, 6) is 1.85. The van der Waals surface area contributed by atoms with E-state index in [-0.39, 0.29) is 0 Å². The SMILES string of the molecule is C=CC1=[C]C=CCC1=C=O. The van der Waals surface area contributed by atoms with E-state index in [1.807, 2.05) is 12.0 Å². The van der Waals surface area contributed by atoms with Crippen LogP contribution in [0.2, 0.25) is 0 Å². The number of carbonyl (C=O) groups excluding carboxylic acids is 1. The van der Waals surface area contributed by atoms with E-state index in [4.69, 9.17) is 0 Å². The lowest BCUT2D eigenvalue weighted by Gasteiger charge is -2.02. The maximum absolute atomic E-state index is 10.2. The van der Waals surface area contributed by atoms with Gasteiger partial charge in [-0.25, -0.2) is 4.79 Å². The molecule has 1 aliphatic rings. The fourth-order valence-corrected chi connectivity index (χ4v) is 0.801. The molecule has 0 atom stereocenters. The molecule has 0 saturated carbocycles. The van der Waals surface area contributed by atoms with Gasteiger partial charge in [0.15, 0.2) is 0 Å². The second-order valence-electron chi connectivity index (χ2n) is 1.95. The Morgan fingerprint density at radius 3 is 3.10 bits per heavy atom. The Morgan fingerprint density at radius 2 is 2.60 bits per heavy atom. The maximum atomic E-state index is 10.2. The zero-order valence-electron chi connectivity index (χ0n) is 5.55. The minimum atomic E-state index is 0.637. The van der Waals surface area contributed by atoms with Crippen molar-refractivity contribution in [3.05, 3.63) is 42.0 Å². The average molecular weight is 131 g/mol. The third-order valence-corrected chi connectivity index (χ3v) is 1.33. The van der Waals surface area contributed by atoms with Crippen molar-refractivity contribution in [2.24, 2.45) is 0 Å². The standard InChI is InChI=1S/C9H7O/c1-2-8-5-3-4-6-9(8)7-10/h2-4H,1,6H2. The topological polar surface area (TPSA) is 17.1 Å². The van der Waals surface area contributed by atoms with Crippen LogP contribution in [-0.2, 0) is 4.79 Å². The van der Waals surface area contributed by atoms with Gasteiger partial charge in [-0.2, -0.15) is 0 Å². The molecule has 0 aromatic rings. The summed E-state index contributed by atoms with van der Waals surface area (Å²) >= 11 is 0. The summed E-state index contributed by atoms with van der Waals surface area (Å²) in [5, 5.41) is 0. The number of hydrogen-bond acceptors (Lipinski definition) is 1. The van der Waals surface area contributed by atoms with Crippen molar-refractivity contribution in [3.8, 4) is 0 Å². The van der Waals surface area contributed by atoms with E-state index < -0.39 is 0 Å². The summed E-state index contributed by atoms with van der Waals surface area (Å²) in [5.41, 5.74) is 1.40. The Hall–Kier alpha value is -1.33. The van der Waals surface area contributed by atoms with Crippen LogP contribution >= 0.6 is 0 Å². The van der Waals surface area contributed by atoms with Gasteiger partial charge in [0.05, 0.1) is 0 Å². The predicted octanol–water partition coefficient (Wildman–Crippen LogP) is 1.62. The van der Waals surface area contributed by atoms with Crippen molar-refractivity contribution in [1.82, 2.24) is 0 Å². The second-order valence-corrected chi connectivity index (χ2v) is 1.95. The summed E-state index contributed by atoms with van der Waals surface area (Å²) in [6, 6.07) is 0. The number of rotatable bonds is 1. The molecule has 1 radical (unpaired) electrons. The first-order valence-corrected chi connectivity index (χ1v) is 3.03. The molecule has 0 aromatic carbocycles. The molecule has 0 amide bonds. The Bertz CT molecular complexity index is 250. The maximum Gasteiger partial charge on any atom is 0.128 e. The Balaban J connectivity index is 3.02. The van der Waals surface area contributed by atoms with Crippen LogP contribution < -0.4 is 0 Å². The van der Waals surface area contributed by atoms with E-state index in [1.54, 1.807) is 12.2 Å². The van der Waals surface area contributed by atoms with Crippen LogP contribution in [0, 0.1) is 6.08 Å². The van der Waals surface area contributed by atoms with Crippen molar-refractivity contribution in [1.29, 1.82) is 0 Å². The second kappa shape index (κ2) is 3.00. The molecular weight excluding hydrogens is 124 g/mol. The first-order valence-electron chi connectivity index (χ1n) is 3.03. The molecule has 1 rings (SSSR count). The van der Waals surface area contributed by atoms with E-state index >= 15 is 0 Å². The molecule has 0 spiro atoms. The van der Waals surface area contributed by atoms with E-state index in [9.17, 15) is 4.79 Å². The summed E-state index contributed by atoms with van der Waals surface area (Å²) < 4.78 is 0. The monoisotopic (exact) mass is 131 g/mol. The Kier molecular flexibility index (Phi) is 2.03. The van der Waals surface area contributed by atoms with Crippen LogP contribution in [0.5, 0.6) is 0 Å². The molecule has 0 saturated heterocycles. The molecule has 1 heteroatoms. The summed E-state index contributed by atoms with van der Waals surface area (Å²) in [6.45, 7) is 3.55. The molecule has 1 aliphatic carbocycles. The van der Waals surface area contributed by atoms with Gasteiger partial charge in [0.1, 0.15) is 5.94 Å². The molecule has 0 N–H and O–H groups in total. The molecule has 0 bridgehead atoms. The van der Waals surface area contributed by atoms with Gasteiger partial charge >= 0.3 is 0 Å². The van der Waals surface area contributed by atoms with Gasteiger partial charge < -0.3 is 0 Å². The normalized spacial score (nSPS) is 16.0. The number of hydrogen-bond donors (Lipinski definition) is 0. The molecule has 10 heavy (non-hydrogen) atoms. The zero-order valence-corrected chi connectivity index (χ0v) is 5.55. The molecule has 0 unspecified atom stereocenters. The average Bonchev–Trinajstić information content (AvgIpc) is 2.04. The predicted molar refractivity (Wildman–Crippen MR) is 39.9 cm³/mol. The van der Waals surface area contributed by atoms with Crippen molar-refractivity contribution in [2.75, 3.05) is 0 Å². The first kappa shape index (κ1) is 6.79. The van der Waals surface area contributed by atoms with Gasteiger partial charge in [-0.3, -0.25) is 0 Å². The van der Waals surface area contributed by atoms with Crippen molar-refractivity contribution >= 4 is 5.94 Å². The summed E-state index contributed by atoms with van der Waals surface area (Å²) in [7, 11) is 0. The third kappa shape index (κ3) is 1.15. The minimum absolute atomic E-state index is 0.637. The smallest absolute Gasteiger partial charge is 0.128 e. The lowest BCUT2D eigenvalue weighted by atomic mass is 10.0. The Labute approximate surface area is 60.1 Å². The van der Waals surface area contributed by atoms with E-state index in [1.165, 1.54) is 0 Å². The molecule has 1 nitrogen and oxygen atoms in total. The quantitative estimate of drug-likeness (QED) is 0.494. The molecule has 0 heterocycles. The van der Waals surface area contributed by atoms with E-state index in [0.717, 1.165) is 5.57 Å². The van der Waals surface area contributed by atoms with Gasteiger partial charge in [0, 0.05) is 12.0 Å². The third-order valence-electron chi connectivity index (χ3n) is 1.33. The fourth-order valence-electron chi connectivity index (χ4n) is 0.801. The molecule has 49 valence electrons. The number of allylic oxidation sites excluding steroid dienone is 6. The van der Waals surface area contributed by atoms with Crippen molar-refractivity contribution < 1.29 is 4.79 Å². The first-order chi connectivity index (χ1) is 4.88. The van der Waals surface area contributed by atoms with Crippen LogP contribution in [0.15, 0.2) is 36.0 Å². The van der Waals surface area contributed by atoms with Crippen molar-refractivity contribution in [3.63, 3.8) is 0 Å². The van der Waals surface area contributed by atoms with Gasteiger partial charge in [0.2, 0.25) is 0 Å². The van der Waals surface area contributed by atoms with Crippen LogP contribution in [0.25, 0.3) is 0 Å². The highest BCUT2D eigenvalue weighted by Gasteiger charge is 2.02. The lowest BCUT2D eigenvalue weighted by Crippen LogP contribution is -1.90. The van der Waals surface area contributed by atoms with Gasteiger partial charge in [-0.15, -0.1) is 0 Å². The molecule has 0 aliphatic heterocycles. The van der Waals surface area contributed by atoms with Gasteiger partial charge in [0.25, 0.3) is 0 Å². The molecule has 0 fully saturated rings. The van der Waals surface area contributed by atoms with Crippen LogP contribution in [0.3, 0.4) is 0 Å². The van der Waals surface area contributed by atoms with Gasteiger partial charge in [-0.05, 0) is 11.6 Å². The van der Waals surface area contributed by atoms with E-state index in [0.29, 0.717) is 12.0 Å². The van der Waals surface area contributed by atoms with Crippen molar-refractivity contribution in [2.45, 2.75) is 6.42 Å². The van der Waals surface area contributed by atoms with Crippen LogP contribution in [-0.4, -0.2) is 5.94 Å². The molecule has 0 aromatic heterocycles. The summed E-state index contributed by atoms with van der Waals surface area (Å²) in [4.78, 5) is 10.2. The molecular formula is C9H7O. The van der Waals surface area contributed by atoms with Crippen LogP contribution in [0.4, 0.5) is 0 Å². The lowest BCUT2D eigenvalue weighted by molar-refractivity contribution is 0.567. The Morgan fingerprint density at radius 1 is 1.80 bits per heavy atom.